The van der Waals surface area contributed by atoms with Crippen LogP contribution in [0, 0.1) is 11.7 Å². The molecule has 1 aliphatic rings. The van der Waals surface area contributed by atoms with Gasteiger partial charge < -0.3 is 19.0 Å². The van der Waals surface area contributed by atoms with E-state index in [1.807, 2.05) is 13.8 Å². The van der Waals surface area contributed by atoms with Crippen LogP contribution in [0.5, 0.6) is 5.75 Å². The summed E-state index contributed by atoms with van der Waals surface area (Å²) < 4.78 is 26.0. The highest BCUT2D eigenvalue weighted by molar-refractivity contribution is 5.94. The number of hydrogen-bond acceptors (Lipinski definition) is 6. The fraction of sp³-hybridized carbons (Fsp3) is 0.435. The highest BCUT2D eigenvalue weighted by Crippen LogP contribution is 2.24. The lowest BCUT2D eigenvalue weighted by Gasteiger charge is -2.23. The normalized spacial score (nSPS) is 15.3. The van der Waals surface area contributed by atoms with Crippen molar-refractivity contribution in [3.63, 3.8) is 0 Å². The number of carbonyl (C=O) groups is 1. The van der Waals surface area contributed by atoms with Gasteiger partial charge in [-0.05, 0) is 29.7 Å². The first-order chi connectivity index (χ1) is 15.5. The van der Waals surface area contributed by atoms with E-state index >= 15 is 0 Å². The van der Waals surface area contributed by atoms with Crippen LogP contribution in [-0.4, -0.2) is 45.8 Å². The molecule has 170 valence electrons. The predicted octanol–water partition coefficient (Wildman–Crippen LogP) is 3.20. The van der Waals surface area contributed by atoms with Crippen molar-refractivity contribution in [1.29, 1.82) is 0 Å². The number of furan rings is 1. The van der Waals surface area contributed by atoms with E-state index in [4.69, 9.17) is 9.15 Å². The molecule has 0 saturated carbocycles. The maximum Gasteiger partial charge on any atom is 0.255 e. The first-order valence-electron chi connectivity index (χ1n) is 10.8. The second kappa shape index (κ2) is 9.52. The Labute approximate surface area is 186 Å². The highest BCUT2D eigenvalue weighted by Gasteiger charge is 2.28. The Morgan fingerprint density at radius 1 is 1.25 bits per heavy atom. The summed E-state index contributed by atoms with van der Waals surface area (Å²) in [7, 11) is 1.47. The fourth-order valence-electron chi connectivity index (χ4n) is 3.99. The van der Waals surface area contributed by atoms with Crippen LogP contribution in [0.25, 0.3) is 0 Å². The van der Waals surface area contributed by atoms with Crippen molar-refractivity contribution in [3.8, 4) is 5.75 Å². The van der Waals surface area contributed by atoms with E-state index in [-0.39, 0.29) is 29.4 Å². The molecule has 4 rings (SSSR count). The monoisotopic (exact) mass is 441 g/mol. The van der Waals surface area contributed by atoms with Crippen molar-refractivity contribution >= 4 is 5.91 Å². The first kappa shape index (κ1) is 22.0. The summed E-state index contributed by atoms with van der Waals surface area (Å²) >= 11 is 0. The summed E-state index contributed by atoms with van der Waals surface area (Å²) in [5, 5.41) is 11.9. The molecule has 0 radical (unpaired) electrons. The average molecular weight is 442 g/mol. The molecular weight excluding hydrogens is 413 g/mol. The summed E-state index contributed by atoms with van der Waals surface area (Å²) in [6, 6.07) is 6.33. The molecule has 8 nitrogen and oxygen atoms in total. The van der Waals surface area contributed by atoms with E-state index in [0.717, 1.165) is 36.7 Å². The predicted molar refractivity (Wildman–Crippen MR) is 116 cm³/mol. The molecule has 0 spiro atoms. The highest BCUT2D eigenvalue weighted by atomic mass is 19.1. The Balaban J connectivity index is 1.48. The van der Waals surface area contributed by atoms with Crippen LogP contribution in [0.3, 0.4) is 0 Å². The number of benzene rings is 1. The van der Waals surface area contributed by atoms with Gasteiger partial charge in [0.15, 0.2) is 17.4 Å². The quantitative estimate of drug-likeness (QED) is 0.606. The summed E-state index contributed by atoms with van der Waals surface area (Å²) in [6.45, 7) is 7.10. The molecule has 1 aliphatic heterocycles. The zero-order valence-corrected chi connectivity index (χ0v) is 18.5. The van der Waals surface area contributed by atoms with Gasteiger partial charge >= 0.3 is 0 Å². The van der Waals surface area contributed by atoms with E-state index < -0.39 is 0 Å². The summed E-state index contributed by atoms with van der Waals surface area (Å²) in [4.78, 5) is 14.9. The molecule has 1 amide bonds. The van der Waals surface area contributed by atoms with E-state index in [2.05, 4.69) is 25.0 Å². The van der Waals surface area contributed by atoms with Crippen LogP contribution in [0.1, 0.15) is 47.5 Å². The third kappa shape index (κ3) is 4.67. The number of carbonyl (C=O) groups excluding carboxylic acids is 1. The maximum atomic E-state index is 13.7. The molecular formula is C23H28FN5O3. The molecule has 0 bridgehead atoms. The zero-order valence-electron chi connectivity index (χ0n) is 18.5. The molecule has 9 heteroatoms. The number of halogens is 1. The van der Waals surface area contributed by atoms with Gasteiger partial charge in [0, 0.05) is 32.6 Å². The molecule has 3 aromatic rings. The van der Waals surface area contributed by atoms with Crippen LogP contribution < -0.4 is 10.1 Å². The number of amides is 1. The molecule has 0 aliphatic carbocycles. The van der Waals surface area contributed by atoms with Crippen LogP contribution in [0.15, 0.2) is 41.2 Å². The Morgan fingerprint density at radius 2 is 2.09 bits per heavy atom. The second-order valence-corrected chi connectivity index (χ2v) is 8.33. The van der Waals surface area contributed by atoms with E-state index in [9.17, 15) is 9.18 Å². The Morgan fingerprint density at radius 3 is 2.81 bits per heavy atom. The number of nitrogens with zero attached hydrogens (tertiary/aromatic N) is 4. The van der Waals surface area contributed by atoms with Crippen LogP contribution >= 0.6 is 0 Å². The number of fused-ring (bicyclic) bond motifs is 1. The molecule has 1 atom stereocenters. The topological polar surface area (TPSA) is 85.4 Å². The lowest BCUT2D eigenvalue weighted by atomic mass is 10.0. The van der Waals surface area contributed by atoms with E-state index in [1.165, 1.54) is 25.7 Å². The van der Waals surface area contributed by atoms with Crippen molar-refractivity contribution in [2.45, 2.75) is 39.4 Å². The lowest BCUT2D eigenvalue weighted by molar-refractivity contribution is 0.0921. The zero-order chi connectivity index (χ0) is 22.7. The van der Waals surface area contributed by atoms with Crippen molar-refractivity contribution in [1.82, 2.24) is 25.0 Å². The van der Waals surface area contributed by atoms with Gasteiger partial charge in [0.25, 0.3) is 5.91 Å². The maximum absolute atomic E-state index is 13.7. The van der Waals surface area contributed by atoms with Gasteiger partial charge in [-0.2, -0.15) is 0 Å². The Bertz CT molecular complexity index is 1060. The summed E-state index contributed by atoms with van der Waals surface area (Å²) in [5.41, 5.74) is 1.47. The fourth-order valence-corrected chi connectivity index (χ4v) is 3.99. The first-order valence-corrected chi connectivity index (χ1v) is 10.8. The smallest absolute Gasteiger partial charge is 0.255 e. The SMILES string of the molecule is COc1cc(CN2CCc3nnc(C(NC(=O)c4ccoc4)C(C)C)n3CC2)ccc1F. The summed E-state index contributed by atoms with van der Waals surface area (Å²) in [5.74, 6) is 1.49. The van der Waals surface area contributed by atoms with Crippen LogP contribution in [0.2, 0.25) is 0 Å². The van der Waals surface area contributed by atoms with E-state index in [0.29, 0.717) is 18.7 Å². The van der Waals surface area contributed by atoms with Crippen molar-refractivity contribution < 1.29 is 18.3 Å². The minimum Gasteiger partial charge on any atom is -0.494 e. The Hall–Kier alpha value is -3.20. The average Bonchev–Trinajstić information content (AvgIpc) is 3.41. The van der Waals surface area contributed by atoms with Gasteiger partial charge in [0.05, 0.1) is 25.0 Å². The van der Waals surface area contributed by atoms with Gasteiger partial charge in [-0.3, -0.25) is 9.69 Å². The summed E-state index contributed by atoms with van der Waals surface area (Å²) in [6.07, 6.45) is 3.65. The van der Waals surface area contributed by atoms with Gasteiger partial charge in [-0.15, -0.1) is 10.2 Å². The number of methoxy groups -OCH3 is 1. The third-order valence-electron chi connectivity index (χ3n) is 5.78. The minimum atomic E-state index is -0.361. The molecule has 2 aromatic heterocycles. The number of ether oxygens (including phenoxy) is 1. The number of nitrogens with one attached hydrogen (secondary N) is 1. The molecule has 32 heavy (non-hydrogen) atoms. The van der Waals surface area contributed by atoms with Crippen LogP contribution in [-0.2, 0) is 19.5 Å². The van der Waals surface area contributed by atoms with Crippen molar-refractivity contribution in [2.75, 3.05) is 20.2 Å². The van der Waals surface area contributed by atoms with Gasteiger partial charge in [-0.1, -0.05) is 19.9 Å². The molecule has 1 N–H and O–H groups in total. The van der Waals surface area contributed by atoms with Gasteiger partial charge in [0.1, 0.15) is 12.1 Å². The molecule has 1 aromatic carbocycles. The van der Waals surface area contributed by atoms with E-state index in [1.54, 1.807) is 18.2 Å². The third-order valence-corrected chi connectivity index (χ3v) is 5.78. The molecule has 3 heterocycles. The standard InChI is InChI=1S/C23H28FN5O3/c1-15(2)21(25-23(30)17-7-11-32-14-17)22-27-26-20-6-8-28(9-10-29(20)22)13-16-4-5-18(24)19(12-16)31-3/h4-5,7,11-12,14-15,21H,6,8-10,13H2,1-3H3,(H,25,30). The number of hydrogen-bond donors (Lipinski definition) is 1. The van der Waals surface area contributed by atoms with Crippen molar-refractivity contribution in [3.05, 3.63) is 65.4 Å². The van der Waals surface area contributed by atoms with Gasteiger partial charge in [-0.25, -0.2) is 4.39 Å². The molecule has 0 saturated heterocycles. The minimum absolute atomic E-state index is 0.130. The Kier molecular flexibility index (Phi) is 6.55. The lowest BCUT2D eigenvalue weighted by Crippen LogP contribution is -2.34. The van der Waals surface area contributed by atoms with Crippen molar-refractivity contribution in [2.24, 2.45) is 5.92 Å². The second-order valence-electron chi connectivity index (χ2n) is 8.33. The van der Waals surface area contributed by atoms with Crippen LogP contribution in [0.4, 0.5) is 4.39 Å². The molecule has 1 unspecified atom stereocenters. The number of aromatic nitrogens is 3. The van der Waals surface area contributed by atoms with Gasteiger partial charge in [0.2, 0.25) is 0 Å². The largest absolute Gasteiger partial charge is 0.494 e. The molecule has 0 fully saturated rings. The number of rotatable bonds is 7.